The summed E-state index contributed by atoms with van der Waals surface area (Å²) in [4.78, 5) is 0. The van der Waals surface area contributed by atoms with Crippen molar-refractivity contribution in [1.29, 1.82) is 0 Å². The van der Waals surface area contributed by atoms with Crippen LogP contribution in [0.2, 0.25) is 0 Å². The van der Waals surface area contributed by atoms with Gasteiger partial charge in [-0.25, -0.2) is 0 Å². The smallest absolute Gasteiger partial charge is 0.348 e. The number of halogens is 3. The Labute approximate surface area is 114 Å². The summed E-state index contributed by atoms with van der Waals surface area (Å²) in [6.07, 6.45) is -1.41. The van der Waals surface area contributed by atoms with Crippen LogP contribution in [-0.4, -0.2) is 28.8 Å². The van der Waals surface area contributed by atoms with E-state index in [9.17, 15) is 13.2 Å². The van der Waals surface area contributed by atoms with Crippen LogP contribution in [0.1, 0.15) is 43.0 Å². The van der Waals surface area contributed by atoms with Gasteiger partial charge in [0.2, 0.25) is 0 Å². The SMILES string of the molecule is Cn1nc(C(F)(F)F)cc1C1CCC2(CC1)OCCO2. The van der Waals surface area contributed by atoms with Gasteiger partial charge >= 0.3 is 6.18 Å². The van der Waals surface area contributed by atoms with Crippen LogP contribution in [0.4, 0.5) is 13.2 Å². The highest BCUT2D eigenvalue weighted by atomic mass is 19.4. The quantitative estimate of drug-likeness (QED) is 0.798. The fraction of sp³-hybridized carbons (Fsp3) is 0.769. The zero-order chi connectivity index (χ0) is 14.4. The number of alkyl halides is 3. The number of hydrogen-bond acceptors (Lipinski definition) is 3. The second kappa shape index (κ2) is 4.73. The third-order valence-corrected chi connectivity index (χ3v) is 4.19. The highest BCUT2D eigenvalue weighted by Gasteiger charge is 2.42. The minimum atomic E-state index is -4.39. The lowest BCUT2D eigenvalue weighted by Gasteiger charge is -2.35. The molecule has 4 nitrogen and oxygen atoms in total. The van der Waals surface area contributed by atoms with Crippen LogP contribution in [0.3, 0.4) is 0 Å². The van der Waals surface area contributed by atoms with Gasteiger partial charge < -0.3 is 9.47 Å². The van der Waals surface area contributed by atoms with Gasteiger partial charge in [-0.05, 0) is 18.9 Å². The van der Waals surface area contributed by atoms with E-state index in [0.717, 1.165) is 25.7 Å². The van der Waals surface area contributed by atoms with E-state index in [1.807, 2.05) is 0 Å². The molecule has 1 aromatic heterocycles. The Balaban J connectivity index is 1.73. The van der Waals surface area contributed by atoms with E-state index in [0.29, 0.717) is 18.9 Å². The average Bonchev–Trinajstić information content (AvgIpc) is 2.98. The fourth-order valence-electron chi connectivity index (χ4n) is 3.14. The summed E-state index contributed by atoms with van der Waals surface area (Å²) in [5.41, 5.74) is -0.172. The van der Waals surface area contributed by atoms with E-state index in [1.165, 1.54) is 10.7 Å². The first-order valence-electron chi connectivity index (χ1n) is 6.79. The first kappa shape index (κ1) is 13.9. The van der Waals surface area contributed by atoms with Crippen molar-refractivity contribution in [3.8, 4) is 0 Å². The molecule has 0 radical (unpaired) electrons. The van der Waals surface area contributed by atoms with E-state index in [1.54, 1.807) is 7.05 Å². The van der Waals surface area contributed by atoms with Crippen molar-refractivity contribution in [2.45, 2.75) is 43.6 Å². The van der Waals surface area contributed by atoms with Crippen molar-refractivity contribution in [3.05, 3.63) is 17.5 Å². The molecule has 20 heavy (non-hydrogen) atoms. The topological polar surface area (TPSA) is 36.3 Å². The summed E-state index contributed by atoms with van der Waals surface area (Å²) >= 11 is 0. The van der Waals surface area contributed by atoms with E-state index >= 15 is 0 Å². The van der Waals surface area contributed by atoms with Gasteiger partial charge in [0, 0.05) is 31.5 Å². The zero-order valence-electron chi connectivity index (χ0n) is 11.2. The lowest BCUT2D eigenvalue weighted by Crippen LogP contribution is -2.34. The normalized spacial score (nSPS) is 23.6. The molecule has 0 bridgehead atoms. The van der Waals surface area contributed by atoms with Gasteiger partial charge in [-0.2, -0.15) is 18.3 Å². The molecule has 0 atom stereocenters. The lowest BCUT2D eigenvalue weighted by atomic mass is 9.83. The molecule has 2 aliphatic rings. The first-order chi connectivity index (χ1) is 9.40. The van der Waals surface area contributed by atoms with Gasteiger partial charge in [0.05, 0.1) is 13.2 Å². The molecule has 1 aliphatic heterocycles. The fourth-order valence-corrected chi connectivity index (χ4v) is 3.14. The summed E-state index contributed by atoms with van der Waals surface area (Å²) in [5.74, 6) is -0.399. The number of ether oxygens (including phenoxy) is 2. The molecule has 7 heteroatoms. The van der Waals surface area contributed by atoms with E-state index in [4.69, 9.17) is 9.47 Å². The molecule has 0 amide bonds. The summed E-state index contributed by atoms with van der Waals surface area (Å²) in [7, 11) is 1.57. The molecule has 2 fully saturated rings. The van der Waals surface area contributed by atoms with Crippen LogP contribution in [0, 0.1) is 0 Å². The summed E-state index contributed by atoms with van der Waals surface area (Å²) < 4.78 is 50.6. The Bertz CT molecular complexity index is 482. The van der Waals surface area contributed by atoms with Crippen LogP contribution in [-0.2, 0) is 22.7 Å². The van der Waals surface area contributed by atoms with Gasteiger partial charge in [-0.1, -0.05) is 0 Å². The van der Waals surface area contributed by atoms with Crippen molar-refractivity contribution in [1.82, 2.24) is 9.78 Å². The number of aromatic nitrogens is 2. The second-order valence-corrected chi connectivity index (χ2v) is 5.46. The van der Waals surface area contributed by atoms with Crippen molar-refractivity contribution < 1.29 is 22.6 Å². The summed E-state index contributed by atoms with van der Waals surface area (Å²) in [5, 5.41) is 3.58. The molecular weight excluding hydrogens is 273 g/mol. The van der Waals surface area contributed by atoms with E-state index in [-0.39, 0.29) is 5.92 Å². The average molecular weight is 290 g/mol. The number of nitrogens with zero attached hydrogens (tertiary/aromatic N) is 2. The maximum atomic E-state index is 12.7. The Morgan fingerprint density at radius 1 is 1.25 bits per heavy atom. The van der Waals surface area contributed by atoms with E-state index < -0.39 is 17.7 Å². The third kappa shape index (κ3) is 2.44. The largest absolute Gasteiger partial charge is 0.435 e. The van der Waals surface area contributed by atoms with Crippen LogP contribution in [0.15, 0.2) is 6.07 Å². The molecule has 1 aromatic rings. The maximum absolute atomic E-state index is 12.7. The van der Waals surface area contributed by atoms with Gasteiger partial charge in [0.1, 0.15) is 0 Å². The molecule has 1 spiro atoms. The number of aryl methyl sites for hydroxylation is 1. The summed E-state index contributed by atoms with van der Waals surface area (Å²) in [6.45, 7) is 1.21. The predicted octanol–water partition coefficient (Wildman–Crippen LogP) is 2.84. The lowest BCUT2D eigenvalue weighted by molar-refractivity contribution is -0.179. The maximum Gasteiger partial charge on any atom is 0.435 e. The molecule has 1 saturated heterocycles. The Morgan fingerprint density at radius 2 is 1.85 bits per heavy atom. The van der Waals surface area contributed by atoms with Gasteiger partial charge in [-0.15, -0.1) is 0 Å². The van der Waals surface area contributed by atoms with Crippen LogP contribution in [0.25, 0.3) is 0 Å². The number of rotatable bonds is 1. The second-order valence-electron chi connectivity index (χ2n) is 5.46. The number of hydrogen-bond donors (Lipinski definition) is 0. The molecule has 2 heterocycles. The molecule has 1 saturated carbocycles. The summed E-state index contributed by atoms with van der Waals surface area (Å²) in [6, 6.07) is 1.17. The monoisotopic (exact) mass is 290 g/mol. The van der Waals surface area contributed by atoms with Crippen LogP contribution >= 0.6 is 0 Å². The molecule has 0 unspecified atom stereocenters. The predicted molar refractivity (Wildman–Crippen MR) is 64.1 cm³/mol. The zero-order valence-corrected chi connectivity index (χ0v) is 11.2. The molecule has 1 aliphatic carbocycles. The molecule has 3 rings (SSSR count). The van der Waals surface area contributed by atoms with Crippen molar-refractivity contribution >= 4 is 0 Å². The van der Waals surface area contributed by atoms with Gasteiger partial charge in [-0.3, -0.25) is 4.68 Å². The Hall–Kier alpha value is -1.08. The standard InChI is InChI=1S/C13H17F3N2O2/c1-18-10(8-11(17-18)13(14,15)16)9-2-4-12(5-3-9)19-6-7-20-12/h8-9H,2-7H2,1H3. The van der Waals surface area contributed by atoms with E-state index in [2.05, 4.69) is 5.10 Å². The third-order valence-electron chi connectivity index (χ3n) is 4.19. The van der Waals surface area contributed by atoms with Crippen LogP contribution in [0.5, 0.6) is 0 Å². The molecule has 0 aromatic carbocycles. The van der Waals surface area contributed by atoms with Gasteiger partial charge in [0.15, 0.2) is 11.5 Å². The highest BCUT2D eigenvalue weighted by molar-refractivity contribution is 5.18. The minimum absolute atomic E-state index is 0.0852. The molecule has 0 N–H and O–H groups in total. The van der Waals surface area contributed by atoms with Gasteiger partial charge in [0.25, 0.3) is 0 Å². The Kier molecular flexibility index (Phi) is 3.29. The van der Waals surface area contributed by atoms with Crippen molar-refractivity contribution in [2.24, 2.45) is 7.05 Å². The van der Waals surface area contributed by atoms with Crippen LogP contribution < -0.4 is 0 Å². The minimum Gasteiger partial charge on any atom is -0.348 e. The first-order valence-corrected chi connectivity index (χ1v) is 6.79. The molecular formula is C13H17F3N2O2. The highest BCUT2D eigenvalue weighted by Crippen LogP contribution is 2.43. The molecule has 112 valence electrons. The van der Waals surface area contributed by atoms with Crippen molar-refractivity contribution in [3.63, 3.8) is 0 Å². The Morgan fingerprint density at radius 3 is 2.35 bits per heavy atom. The van der Waals surface area contributed by atoms with Crippen molar-refractivity contribution in [2.75, 3.05) is 13.2 Å².